The minimum Gasteiger partial charge on any atom is -0.344 e. The second kappa shape index (κ2) is 3.14. The average molecular weight is 193 g/mol. The maximum Gasteiger partial charge on any atom is 0.196 e. The molecule has 0 N–H and O–H groups in total. The Balaban J connectivity index is 1.80. The largest absolute Gasteiger partial charge is 0.344 e. The molecule has 2 heterocycles. The van der Waals surface area contributed by atoms with Gasteiger partial charge in [0.15, 0.2) is 5.96 Å². The molecule has 2 aliphatic heterocycles. The van der Waals surface area contributed by atoms with Crippen molar-refractivity contribution in [2.45, 2.75) is 44.2 Å². The summed E-state index contributed by atoms with van der Waals surface area (Å²) in [7, 11) is 2.19. The number of nitrogens with zero attached hydrogens (tertiary/aromatic N) is 3. The van der Waals surface area contributed by atoms with Gasteiger partial charge in [-0.3, -0.25) is 0 Å². The summed E-state index contributed by atoms with van der Waals surface area (Å²) in [6.45, 7) is 2.44. The lowest BCUT2D eigenvalue weighted by molar-refractivity contribution is 0.270. The standard InChI is InChI=1S/C11H19N3/c1-13-8-10-4-2-3-7-14(10)11(13)12-9-5-6-9/h9-10H,2-8H2,1H3/t10-/m1/s1. The molecule has 3 rings (SSSR count). The fourth-order valence-electron chi connectivity index (χ4n) is 2.61. The molecule has 0 radical (unpaired) electrons. The van der Waals surface area contributed by atoms with Crippen molar-refractivity contribution >= 4 is 5.96 Å². The van der Waals surface area contributed by atoms with E-state index in [4.69, 9.17) is 4.99 Å². The predicted octanol–water partition coefficient (Wildman–Crippen LogP) is 1.30. The Kier molecular flexibility index (Phi) is 1.92. The molecule has 0 bridgehead atoms. The van der Waals surface area contributed by atoms with E-state index in [0.717, 1.165) is 6.04 Å². The van der Waals surface area contributed by atoms with E-state index >= 15 is 0 Å². The van der Waals surface area contributed by atoms with Crippen molar-refractivity contribution in [3.05, 3.63) is 0 Å². The van der Waals surface area contributed by atoms with Gasteiger partial charge in [0.2, 0.25) is 0 Å². The Morgan fingerprint density at radius 2 is 2.07 bits per heavy atom. The van der Waals surface area contributed by atoms with E-state index in [2.05, 4.69) is 16.8 Å². The highest BCUT2D eigenvalue weighted by Crippen LogP contribution is 2.29. The first-order valence-electron chi connectivity index (χ1n) is 5.90. The van der Waals surface area contributed by atoms with E-state index < -0.39 is 0 Å². The maximum atomic E-state index is 4.82. The fourth-order valence-corrected chi connectivity index (χ4v) is 2.61. The Bertz CT molecular complexity index is 257. The maximum absolute atomic E-state index is 4.82. The summed E-state index contributed by atoms with van der Waals surface area (Å²) in [5, 5.41) is 0. The first-order valence-corrected chi connectivity index (χ1v) is 5.90. The first kappa shape index (κ1) is 8.57. The minimum atomic E-state index is 0.660. The van der Waals surface area contributed by atoms with Crippen molar-refractivity contribution in [2.75, 3.05) is 20.1 Å². The van der Waals surface area contributed by atoms with E-state index in [9.17, 15) is 0 Å². The van der Waals surface area contributed by atoms with Gasteiger partial charge in [-0.1, -0.05) is 0 Å². The van der Waals surface area contributed by atoms with Gasteiger partial charge in [-0.15, -0.1) is 0 Å². The molecule has 0 aromatic heterocycles. The number of hydrogen-bond donors (Lipinski definition) is 0. The molecule has 3 aliphatic rings. The van der Waals surface area contributed by atoms with Crippen LogP contribution in [0.2, 0.25) is 0 Å². The Morgan fingerprint density at radius 1 is 1.21 bits per heavy atom. The molecule has 3 nitrogen and oxygen atoms in total. The topological polar surface area (TPSA) is 18.8 Å². The Morgan fingerprint density at radius 3 is 2.86 bits per heavy atom. The van der Waals surface area contributed by atoms with Crippen LogP contribution >= 0.6 is 0 Å². The molecule has 1 aliphatic carbocycles. The van der Waals surface area contributed by atoms with Crippen LogP contribution in [-0.2, 0) is 0 Å². The quantitative estimate of drug-likeness (QED) is 0.625. The van der Waals surface area contributed by atoms with E-state index in [1.54, 1.807) is 0 Å². The van der Waals surface area contributed by atoms with Gasteiger partial charge >= 0.3 is 0 Å². The third-order valence-electron chi connectivity index (χ3n) is 3.55. The summed E-state index contributed by atoms with van der Waals surface area (Å²) in [6, 6.07) is 1.43. The first-order chi connectivity index (χ1) is 6.84. The molecule has 0 unspecified atom stereocenters. The summed E-state index contributed by atoms with van der Waals surface area (Å²) < 4.78 is 0. The van der Waals surface area contributed by atoms with Crippen molar-refractivity contribution in [2.24, 2.45) is 4.99 Å². The van der Waals surface area contributed by atoms with Crippen molar-refractivity contribution < 1.29 is 0 Å². The summed E-state index contributed by atoms with van der Waals surface area (Å²) in [5.41, 5.74) is 0. The monoisotopic (exact) mass is 193 g/mol. The number of hydrogen-bond acceptors (Lipinski definition) is 1. The molecule has 0 amide bonds. The van der Waals surface area contributed by atoms with Gasteiger partial charge in [0.1, 0.15) is 0 Å². The number of piperidine rings is 1. The van der Waals surface area contributed by atoms with Gasteiger partial charge < -0.3 is 9.80 Å². The second-order valence-electron chi connectivity index (χ2n) is 4.88. The van der Waals surface area contributed by atoms with Gasteiger partial charge in [0, 0.05) is 26.2 Å². The molecule has 0 spiro atoms. The average Bonchev–Trinajstić information content (AvgIpc) is 2.93. The van der Waals surface area contributed by atoms with Crippen molar-refractivity contribution in [1.29, 1.82) is 0 Å². The summed E-state index contributed by atoms with van der Waals surface area (Å²) in [6.07, 6.45) is 6.76. The fraction of sp³-hybridized carbons (Fsp3) is 0.909. The highest BCUT2D eigenvalue weighted by molar-refractivity contribution is 5.82. The molecule has 0 aromatic rings. The van der Waals surface area contributed by atoms with Crippen LogP contribution in [0.4, 0.5) is 0 Å². The lowest BCUT2D eigenvalue weighted by Crippen LogP contribution is -2.39. The zero-order valence-electron chi connectivity index (χ0n) is 8.95. The summed E-state index contributed by atoms with van der Waals surface area (Å²) in [5.74, 6) is 1.29. The highest BCUT2D eigenvalue weighted by Gasteiger charge is 2.36. The number of fused-ring (bicyclic) bond motifs is 1. The van der Waals surface area contributed by atoms with E-state index in [0.29, 0.717) is 6.04 Å². The molecular weight excluding hydrogens is 174 g/mol. The van der Waals surface area contributed by atoms with Gasteiger partial charge in [0.25, 0.3) is 0 Å². The molecule has 3 fully saturated rings. The van der Waals surface area contributed by atoms with Crippen LogP contribution in [-0.4, -0.2) is 48.0 Å². The highest BCUT2D eigenvalue weighted by atomic mass is 15.4. The van der Waals surface area contributed by atoms with Crippen LogP contribution in [0.5, 0.6) is 0 Å². The van der Waals surface area contributed by atoms with E-state index in [-0.39, 0.29) is 0 Å². The third-order valence-corrected chi connectivity index (χ3v) is 3.55. The minimum absolute atomic E-state index is 0.660. The second-order valence-corrected chi connectivity index (χ2v) is 4.88. The van der Waals surface area contributed by atoms with Crippen molar-refractivity contribution in [3.63, 3.8) is 0 Å². The normalized spacial score (nSPS) is 35.2. The van der Waals surface area contributed by atoms with Crippen molar-refractivity contribution in [1.82, 2.24) is 9.80 Å². The van der Waals surface area contributed by atoms with Crippen molar-refractivity contribution in [3.8, 4) is 0 Å². The molecule has 1 atom stereocenters. The van der Waals surface area contributed by atoms with Gasteiger partial charge in [-0.25, -0.2) is 4.99 Å². The SMILES string of the molecule is CN1C[C@H]2CCCCN2C1=NC1CC1. The van der Waals surface area contributed by atoms with E-state index in [1.807, 2.05) is 0 Å². The zero-order chi connectivity index (χ0) is 9.54. The summed E-state index contributed by atoms with van der Waals surface area (Å²) in [4.78, 5) is 9.72. The lowest BCUT2D eigenvalue weighted by atomic mass is 10.0. The number of rotatable bonds is 1. The van der Waals surface area contributed by atoms with Crippen LogP contribution in [0.3, 0.4) is 0 Å². The number of guanidine groups is 1. The molecule has 2 saturated heterocycles. The molecular formula is C11H19N3. The van der Waals surface area contributed by atoms with Crippen LogP contribution in [0.25, 0.3) is 0 Å². The lowest BCUT2D eigenvalue weighted by Gasteiger charge is -2.29. The Hall–Kier alpha value is -0.730. The van der Waals surface area contributed by atoms with Gasteiger partial charge in [0.05, 0.1) is 6.04 Å². The zero-order valence-corrected chi connectivity index (χ0v) is 8.95. The van der Waals surface area contributed by atoms with Gasteiger partial charge in [-0.05, 0) is 32.1 Å². The Labute approximate surface area is 85.8 Å². The van der Waals surface area contributed by atoms with Crippen LogP contribution in [0.15, 0.2) is 4.99 Å². The third kappa shape index (κ3) is 1.39. The molecule has 0 aromatic carbocycles. The molecule has 1 saturated carbocycles. The number of aliphatic imine (C=N–C) groups is 1. The van der Waals surface area contributed by atoms with Crippen LogP contribution < -0.4 is 0 Å². The molecule has 3 heteroatoms. The smallest absolute Gasteiger partial charge is 0.196 e. The van der Waals surface area contributed by atoms with Crippen LogP contribution in [0, 0.1) is 0 Å². The number of likely N-dealkylation sites (N-methyl/N-ethyl adjacent to an activating group) is 1. The predicted molar refractivity (Wildman–Crippen MR) is 57.4 cm³/mol. The van der Waals surface area contributed by atoms with E-state index in [1.165, 1.54) is 51.2 Å². The molecule has 78 valence electrons. The summed E-state index contributed by atoms with van der Waals surface area (Å²) >= 11 is 0. The van der Waals surface area contributed by atoms with Crippen LogP contribution in [0.1, 0.15) is 32.1 Å². The van der Waals surface area contributed by atoms with Gasteiger partial charge in [-0.2, -0.15) is 0 Å². The molecule has 14 heavy (non-hydrogen) atoms.